The van der Waals surface area contributed by atoms with Gasteiger partial charge in [0, 0.05) is 19.2 Å². The van der Waals surface area contributed by atoms with Crippen LogP contribution >= 0.6 is 11.3 Å². The van der Waals surface area contributed by atoms with E-state index in [1.807, 2.05) is 13.8 Å². The number of hydrogen-bond acceptors (Lipinski definition) is 5. The van der Waals surface area contributed by atoms with Gasteiger partial charge in [0.15, 0.2) is 0 Å². The van der Waals surface area contributed by atoms with Gasteiger partial charge in [-0.15, -0.1) is 0 Å². The molecule has 27 heavy (non-hydrogen) atoms. The van der Waals surface area contributed by atoms with Crippen LogP contribution in [0, 0.1) is 0 Å². The number of nitrogens with zero attached hydrogens (tertiary/aromatic N) is 1. The molecule has 1 aromatic heterocycles. The van der Waals surface area contributed by atoms with Crippen molar-refractivity contribution in [2.75, 3.05) is 13.2 Å². The molecule has 0 spiro atoms. The summed E-state index contributed by atoms with van der Waals surface area (Å²) in [4.78, 5) is 12.2. The fourth-order valence-electron chi connectivity index (χ4n) is 3.52. The predicted octanol–water partition coefficient (Wildman–Crippen LogP) is 3.66. The predicted molar refractivity (Wildman–Crippen MR) is 109 cm³/mol. The number of nitrogens with one attached hydrogen (secondary N) is 1. The summed E-state index contributed by atoms with van der Waals surface area (Å²) in [5, 5.41) is 0. The van der Waals surface area contributed by atoms with E-state index < -0.39 is 10.0 Å². The van der Waals surface area contributed by atoms with E-state index >= 15 is 0 Å². The molecule has 150 valence electrons. The van der Waals surface area contributed by atoms with E-state index in [9.17, 15) is 13.2 Å². The maximum Gasteiger partial charge on any atom is 0.308 e. The first-order chi connectivity index (χ1) is 12.9. The number of aromatic nitrogens is 1. The molecule has 0 saturated heterocycles. The topological polar surface area (TPSA) is 77.4 Å². The van der Waals surface area contributed by atoms with Crippen molar-refractivity contribution in [3.8, 4) is 0 Å². The minimum absolute atomic E-state index is 0.0380. The van der Waals surface area contributed by atoms with Crippen molar-refractivity contribution in [3.63, 3.8) is 0 Å². The van der Waals surface area contributed by atoms with Crippen LogP contribution in [0.3, 0.4) is 0 Å². The summed E-state index contributed by atoms with van der Waals surface area (Å²) in [7, 11) is -3.59. The molecule has 3 rings (SSSR count). The quantitative estimate of drug-likeness (QED) is 0.671. The Morgan fingerprint density at radius 3 is 2.70 bits per heavy atom. The Morgan fingerprint density at radius 2 is 2.00 bits per heavy atom. The van der Waals surface area contributed by atoms with Gasteiger partial charge in [0.1, 0.15) is 0 Å². The van der Waals surface area contributed by atoms with Crippen molar-refractivity contribution in [1.82, 2.24) is 9.29 Å². The molecule has 1 saturated carbocycles. The molecule has 1 fully saturated rings. The van der Waals surface area contributed by atoms with Gasteiger partial charge in [-0.2, -0.15) is 0 Å². The zero-order valence-electron chi connectivity index (χ0n) is 15.9. The van der Waals surface area contributed by atoms with E-state index in [0.29, 0.717) is 30.4 Å². The lowest BCUT2D eigenvalue weighted by molar-refractivity contribution is 0.0278. The smallest absolute Gasteiger partial charge is 0.308 e. The Bertz CT molecular complexity index is 925. The first kappa shape index (κ1) is 20.5. The van der Waals surface area contributed by atoms with Gasteiger partial charge in [0.05, 0.1) is 21.2 Å². The van der Waals surface area contributed by atoms with Gasteiger partial charge in [-0.3, -0.25) is 9.36 Å². The summed E-state index contributed by atoms with van der Waals surface area (Å²) >= 11 is 1.08. The molecular formula is C19H28N2O4S2. The van der Waals surface area contributed by atoms with Gasteiger partial charge < -0.3 is 4.74 Å². The second-order valence-electron chi connectivity index (χ2n) is 7.34. The van der Waals surface area contributed by atoms with Crippen LogP contribution in [0.25, 0.3) is 10.2 Å². The number of sulfonamides is 1. The lowest BCUT2D eigenvalue weighted by Crippen LogP contribution is -2.26. The zero-order valence-corrected chi connectivity index (χ0v) is 17.6. The van der Waals surface area contributed by atoms with Crippen LogP contribution in [0.4, 0.5) is 0 Å². The molecule has 0 amide bonds. The van der Waals surface area contributed by atoms with E-state index in [2.05, 4.69) is 4.72 Å². The summed E-state index contributed by atoms with van der Waals surface area (Å²) < 4.78 is 35.9. The van der Waals surface area contributed by atoms with Crippen molar-refractivity contribution in [2.24, 2.45) is 0 Å². The summed E-state index contributed by atoms with van der Waals surface area (Å²) in [6.07, 6.45) is 6.96. The Labute approximate surface area is 164 Å². The number of rotatable bonds is 8. The van der Waals surface area contributed by atoms with Crippen LogP contribution in [0.15, 0.2) is 27.9 Å². The van der Waals surface area contributed by atoms with Crippen LogP contribution in [-0.4, -0.2) is 32.2 Å². The van der Waals surface area contributed by atoms with E-state index in [-0.39, 0.29) is 15.8 Å². The molecule has 0 aliphatic heterocycles. The maximum atomic E-state index is 12.5. The van der Waals surface area contributed by atoms with Gasteiger partial charge in [0.2, 0.25) is 10.0 Å². The Morgan fingerprint density at radius 1 is 1.26 bits per heavy atom. The van der Waals surface area contributed by atoms with Crippen molar-refractivity contribution in [1.29, 1.82) is 0 Å². The zero-order chi connectivity index (χ0) is 19.4. The first-order valence-electron chi connectivity index (χ1n) is 9.65. The molecule has 1 aromatic carbocycles. The molecule has 2 aromatic rings. The van der Waals surface area contributed by atoms with Crippen molar-refractivity contribution >= 4 is 31.6 Å². The third-order valence-electron chi connectivity index (χ3n) is 4.93. The highest BCUT2D eigenvalue weighted by Gasteiger charge is 2.18. The first-order valence-corrected chi connectivity index (χ1v) is 11.9. The Hall–Kier alpha value is -1.22. The minimum Gasteiger partial charge on any atom is -0.378 e. The minimum atomic E-state index is -3.59. The summed E-state index contributed by atoms with van der Waals surface area (Å²) in [5.74, 6) is 0. The largest absolute Gasteiger partial charge is 0.378 e. The number of benzene rings is 1. The molecule has 0 radical (unpaired) electrons. The second-order valence-corrected chi connectivity index (χ2v) is 10.1. The SMILES string of the molecule is CC(C)n1c(=O)sc2cc(S(=O)(=O)NCCCOC3CCCCC3)ccc21. The highest BCUT2D eigenvalue weighted by Crippen LogP contribution is 2.24. The van der Waals surface area contributed by atoms with E-state index in [1.165, 1.54) is 19.3 Å². The van der Waals surface area contributed by atoms with Gasteiger partial charge in [-0.25, -0.2) is 13.1 Å². The fourth-order valence-corrected chi connectivity index (χ4v) is 5.74. The van der Waals surface area contributed by atoms with Crippen LogP contribution in [0.5, 0.6) is 0 Å². The highest BCUT2D eigenvalue weighted by molar-refractivity contribution is 7.89. The lowest BCUT2D eigenvalue weighted by Gasteiger charge is -2.21. The molecule has 1 aliphatic rings. The second kappa shape index (κ2) is 8.86. The number of hydrogen-bond donors (Lipinski definition) is 1. The summed E-state index contributed by atoms with van der Waals surface area (Å²) in [6.45, 7) is 4.80. The van der Waals surface area contributed by atoms with E-state index in [0.717, 1.165) is 29.7 Å². The van der Waals surface area contributed by atoms with Gasteiger partial charge >= 0.3 is 4.87 Å². The van der Waals surface area contributed by atoms with Gasteiger partial charge in [0.25, 0.3) is 0 Å². The van der Waals surface area contributed by atoms with Crippen molar-refractivity contribution < 1.29 is 13.2 Å². The van der Waals surface area contributed by atoms with E-state index in [4.69, 9.17) is 4.74 Å². The van der Waals surface area contributed by atoms with Crippen LogP contribution in [0.1, 0.15) is 58.4 Å². The van der Waals surface area contributed by atoms with Crippen LogP contribution < -0.4 is 9.60 Å². The monoisotopic (exact) mass is 412 g/mol. The average molecular weight is 413 g/mol. The molecule has 6 nitrogen and oxygen atoms in total. The molecule has 1 aliphatic carbocycles. The molecule has 1 heterocycles. The van der Waals surface area contributed by atoms with Crippen molar-refractivity contribution in [3.05, 3.63) is 27.9 Å². The molecular weight excluding hydrogens is 384 g/mol. The fraction of sp³-hybridized carbons (Fsp3) is 0.632. The van der Waals surface area contributed by atoms with E-state index in [1.54, 1.807) is 22.8 Å². The lowest BCUT2D eigenvalue weighted by atomic mass is 9.98. The Kier molecular flexibility index (Phi) is 6.73. The maximum absolute atomic E-state index is 12.5. The van der Waals surface area contributed by atoms with Crippen molar-refractivity contribution in [2.45, 2.75) is 69.4 Å². The molecule has 8 heteroatoms. The molecule has 0 bridgehead atoms. The summed E-state index contributed by atoms with van der Waals surface area (Å²) in [6, 6.07) is 4.90. The highest BCUT2D eigenvalue weighted by atomic mass is 32.2. The van der Waals surface area contributed by atoms with Gasteiger partial charge in [-0.05, 0) is 51.3 Å². The molecule has 0 atom stereocenters. The number of ether oxygens (including phenoxy) is 1. The Balaban J connectivity index is 1.58. The number of fused-ring (bicyclic) bond motifs is 1. The molecule has 0 unspecified atom stereocenters. The molecule has 1 N–H and O–H groups in total. The number of thiazole rings is 1. The van der Waals surface area contributed by atoms with Crippen LogP contribution in [0.2, 0.25) is 0 Å². The average Bonchev–Trinajstić information content (AvgIpc) is 2.97. The standard InChI is InChI=1S/C19H28N2O4S2/c1-14(2)21-17-10-9-16(13-18(17)26-19(21)22)27(23,24)20-11-6-12-25-15-7-4-3-5-8-15/h9-10,13-15,20H,3-8,11-12H2,1-2H3. The normalized spacial score (nSPS) is 16.4. The third-order valence-corrected chi connectivity index (χ3v) is 7.31. The van der Waals surface area contributed by atoms with Gasteiger partial charge in [-0.1, -0.05) is 30.6 Å². The third kappa shape index (κ3) is 4.99. The van der Waals surface area contributed by atoms with Crippen LogP contribution in [-0.2, 0) is 14.8 Å². The summed E-state index contributed by atoms with van der Waals surface area (Å²) in [5.41, 5.74) is 0.778.